The van der Waals surface area contributed by atoms with E-state index in [4.69, 9.17) is 4.74 Å². The molecule has 236 valence electrons. The summed E-state index contributed by atoms with van der Waals surface area (Å²) in [5, 5.41) is 6.05. The molecule has 6 rings (SSSR count). The Labute approximate surface area is 260 Å². The van der Waals surface area contributed by atoms with Crippen molar-refractivity contribution in [2.45, 2.75) is 50.5 Å². The summed E-state index contributed by atoms with van der Waals surface area (Å²) in [5.74, 6) is -0.767. The van der Waals surface area contributed by atoms with Crippen LogP contribution < -0.4 is 15.4 Å². The third-order valence-corrected chi connectivity index (χ3v) is 8.54. The fourth-order valence-electron chi connectivity index (χ4n) is 5.86. The molecule has 3 atom stereocenters. The zero-order chi connectivity index (χ0) is 31.7. The van der Waals surface area contributed by atoms with E-state index < -0.39 is 48.3 Å². The van der Waals surface area contributed by atoms with Crippen molar-refractivity contribution in [2.24, 2.45) is 5.92 Å². The Morgan fingerprint density at radius 1 is 1.09 bits per heavy atom. The monoisotopic (exact) mass is 617 g/mol. The Balaban J connectivity index is 1.10. The molecule has 2 N–H and O–H groups in total. The summed E-state index contributed by atoms with van der Waals surface area (Å²) in [6.07, 6.45) is 5.21. The van der Waals surface area contributed by atoms with Gasteiger partial charge in [0.25, 0.3) is 5.91 Å². The predicted molar refractivity (Wildman–Crippen MR) is 166 cm³/mol. The van der Waals surface area contributed by atoms with Crippen molar-refractivity contribution in [3.05, 3.63) is 77.2 Å². The van der Waals surface area contributed by atoms with E-state index in [-0.39, 0.29) is 24.8 Å². The number of nitrogens with one attached hydrogen (secondary N) is 2. The maximum absolute atomic E-state index is 14.6. The van der Waals surface area contributed by atoms with E-state index >= 15 is 0 Å². The summed E-state index contributed by atoms with van der Waals surface area (Å²) in [5.41, 5.74) is 2.32. The van der Waals surface area contributed by atoms with E-state index in [0.717, 1.165) is 30.0 Å². The van der Waals surface area contributed by atoms with Gasteiger partial charge < -0.3 is 20.3 Å². The molecule has 0 radical (unpaired) electrons. The molecular formula is C34H37F2N5O4. The third-order valence-electron chi connectivity index (χ3n) is 8.54. The fraction of sp³-hybridized carbons (Fsp3) is 0.412. The average Bonchev–Trinajstić information content (AvgIpc) is 3.76. The number of aromatic nitrogens is 1. The minimum absolute atomic E-state index is 0.0527. The first-order valence-corrected chi connectivity index (χ1v) is 15.4. The molecule has 1 aliphatic carbocycles. The van der Waals surface area contributed by atoms with Crippen LogP contribution in [0.15, 0.2) is 54.6 Å². The van der Waals surface area contributed by atoms with Gasteiger partial charge in [0.1, 0.15) is 35.6 Å². The molecule has 3 amide bonds. The molecule has 0 spiro atoms. The van der Waals surface area contributed by atoms with Crippen molar-refractivity contribution in [1.29, 1.82) is 0 Å². The normalized spacial score (nSPS) is 21.1. The van der Waals surface area contributed by atoms with Crippen LogP contribution in [-0.2, 0) is 9.59 Å². The molecule has 11 heteroatoms. The molecule has 3 fully saturated rings. The summed E-state index contributed by atoms with van der Waals surface area (Å²) in [4.78, 5) is 46.9. The van der Waals surface area contributed by atoms with Crippen LogP contribution in [0.4, 0.5) is 8.78 Å². The number of halogens is 2. The van der Waals surface area contributed by atoms with E-state index in [1.54, 1.807) is 6.07 Å². The lowest BCUT2D eigenvalue weighted by atomic mass is 9.99. The highest BCUT2D eigenvalue weighted by molar-refractivity contribution is 5.97. The Hall–Kier alpha value is -4.38. The van der Waals surface area contributed by atoms with E-state index in [9.17, 15) is 23.2 Å². The first-order valence-electron chi connectivity index (χ1n) is 15.4. The number of likely N-dealkylation sites (N-methyl/N-ethyl adjacent to an activating group) is 1. The van der Waals surface area contributed by atoms with E-state index in [1.165, 1.54) is 42.0 Å². The Kier molecular flexibility index (Phi) is 8.80. The van der Waals surface area contributed by atoms with Crippen LogP contribution in [0.25, 0.3) is 17.0 Å². The zero-order valence-electron chi connectivity index (χ0n) is 25.3. The van der Waals surface area contributed by atoms with E-state index in [2.05, 4.69) is 32.7 Å². The summed E-state index contributed by atoms with van der Waals surface area (Å²) < 4.78 is 34.2. The average molecular weight is 618 g/mol. The van der Waals surface area contributed by atoms with Crippen LogP contribution in [0, 0.1) is 11.7 Å². The topological polar surface area (TPSA) is 104 Å². The minimum Gasteiger partial charge on any atom is -0.488 e. The predicted octanol–water partition coefficient (Wildman–Crippen LogP) is 4.04. The van der Waals surface area contributed by atoms with Gasteiger partial charge >= 0.3 is 0 Å². The Morgan fingerprint density at radius 2 is 1.89 bits per heavy atom. The smallest absolute Gasteiger partial charge is 0.270 e. The number of hydrogen-bond donors (Lipinski definition) is 2. The maximum atomic E-state index is 14.6. The SMILES string of the molecule is C[C@H](NC(=O)C1C[C@@H](F)CN1C(=O)CNC(=O)c1ccc2cc(F)ccc2n1)c1cc(OC2CN(C)C2)ccc1/C=C/C1CC1. The summed E-state index contributed by atoms with van der Waals surface area (Å²) in [6, 6.07) is 11.4. The lowest BCUT2D eigenvalue weighted by Crippen LogP contribution is -2.51. The molecule has 2 saturated heterocycles. The number of amides is 3. The van der Waals surface area contributed by atoms with Crippen molar-refractivity contribution >= 4 is 34.7 Å². The van der Waals surface area contributed by atoms with Crippen LogP contribution in [0.2, 0.25) is 0 Å². The van der Waals surface area contributed by atoms with Gasteiger partial charge in [0, 0.05) is 24.9 Å². The van der Waals surface area contributed by atoms with Gasteiger partial charge in [-0.05, 0) is 80.3 Å². The van der Waals surface area contributed by atoms with E-state index in [0.29, 0.717) is 16.8 Å². The number of carbonyl (C=O) groups is 3. The first-order chi connectivity index (χ1) is 21.6. The number of ether oxygens (including phenoxy) is 1. The maximum Gasteiger partial charge on any atom is 0.270 e. The van der Waals surface area contributed by atoms with Crippen LogP contribution >= 0.6 is 0 Å². The second-order valence-corrected chi connectivity index (χ2v) is 12.3. The molecule has 1 unspecified atom stereocenters. The van der Waals surface area contributed by atoms with Gasteiger partial charge in [0.05, 0.1) is 24.6 Å². The molecule has 2 aromatic carbocycles. The highest BCUT2D eigenvalue weighted by Crippen LogP contribution is 2.33. The third kappa shape index (κ3) is 7.30. The summed E-state index contributed by atoms with van der Waals surface area (Å²) in [6.45, 7) is 2.89. The second kappa shape index (κ2) is 12.9. The quantitative estimate of drug-likeness (QED) is 0.356. The Bertz CT molecular complexity index is 1640. The largest absolute Gasteiger partial charge is 0.488 e. The number of pyridine rings is 1. The van der Waals surface area contributed by atoms with Crippen LogP contribution in [0.5, 0.6) is 5.75 Å². The van der Waals surface area contributed by atoms with Gasteiger partial charge in [-0.15, -0.1) is 0 Å². The van der Waals surface area contributed by atoms with Crippen molar-refractivity contribution in [1.82, 2.24) is 25.4 Å². The second-order valence-electron chi connectivity index (χ2n) is 12.3. The summed E-state index contributed by atoms with van der Waals surface area (Å²) in [7, 11) is 2.04. The molecule has 45 heavy (non-hydrogen) atoms. The highest BCUT2D eigenvalue weighted by Gasteiger charge is 2.40. The molecule has 0 bridgehead atoms. The Morgan fingerprint density at radius 3 is 2.64 bits per heavy atom. The molecule has 3 aliphatic rings. The van der Waals surface area contributed by atoms with Crippen molar-refractivity contribution < 1.29 is 27.9 Å². The number of likely N-dealkylation sites (tertiary alicyclic amines) is 2. The number of fused-ring (bicyclic) bond motifs is 1. The van der Waals surface area contributed by atoms with Crippen LogP contribution in [0.1, 0.15) is 53.8 Å². The summed E-state index contributed by atoms with van der Waals surface area (Å²) >= 11 is 0. The molecule has 1 aromatic heterocycles. The number of nitrogens with zero attached hydrogens (tertiary/aromatic N) is 3. The number of hydrogen-bond acceptors (Lipinski definition) is 6. The van der Waals surface area contributed by atoms with Gasteiger partial charge in [-0.1, -0.05) is 24.3 Å². The number of carbonyl (C=O) groups excluding carboxylic acids is 3. The zero-order valence-corrected chi connectivity index (χ0v) is 25.3. The number of rotatable bonds is 10. The molecule has 3 heterocycles. The van der Waals surface area contributed by atoms with Gasteiger partial charge in [0.2, 0.25) is 11.8 Å². The van der Waals surface area contributed by atoms with Crippen molar-refractivity contribution in [2.75, 3.05) is 33.2 Å². The standard InChI is InChI=1S/C34H37F2N5O4/c1-20(28-15-26(45-27-18-40(2)19-27)10-7-22(28)6-5-21-3-4-21)38-34(44)31-14-25(36)17-41(31)32(42)16-37-33(43)30-11-8-23-13-24(35)9-12-29(23)39-30/h5-13,15,20-21,25,27,31H,3-4,14,16-19H2,1-2H3,(H,37,43)(H,38,44)/b6-5+/t20-,25+,31?/m0/s1. The fourth-order valence-corrected chi connectivity index (χ4v) is 5.86. The molecular weight excluding hydrogens is 580 g/mol. The van der Waals surface area contributed by atoms with Gasteiger partial charge in [-0.25, -0.2) is 13.8 Å². The van der Waals surface area contributed by atoms with E-state index in [1.807, 2.05) is 32.2 Å². The van der Waals surface area contributed by atoms with Crippen LogP contribution in [0.3, 0.4) is 0 Å². The van der Waals surface area contributed by atoms with Gasteiger partial charge in [-0.2, -0.15) is 0 Å². The first kappa shape index (κ1) is 30.6. The van der Waals surface area contributed by atoms with Gasteiger partial charge in [-0.3, -0.25) is 19.3 Å². The van der Waals surface area contributed by atoms with Crippen molar-refractivity contribution in [3.63, 3.8) is 0 Å². The molecule has 9 nitrogen and oxygen atoms in total. The lowest BCUT2D eigenvalue weighted by molar-refractivity contribution is -0.138. The van der Waals surface area contributed by atoms with Gasteiger partial charge in [0.15, 0.2) is 0 Å². The van der Waals surface area contributed by atoms with Crippen LogP contribution in [-0.4, -0.2) is 84.0 Å². The highest BCUT2D eigenvalue weighted by atomic mass is 19.1. The lowest BCUT2D eigenvalue weighted by Gasteiger charge is -2.36. The minimum atomic E-state index is -1.37. The number of benzene rings is 2. The molecule has 1 saturated carbocycles. The molecule has 3 aromatic rings. The number of alkyl halides is 1. The number of allylic oxidation sites excluding steroid dienone is 1. The molecule has 2 aliphatic heterocycles. The van der Waals surface area contributed by atoms with Crippen molar-refractivity contribution in [3.8, 4) is 5.75 Å².